The molecule has 1 fully saturated rings. The normalized spacial score (nSPS) is 15.4. The lowest BCUT2D eigenvalue weighted by molar-refractivity contribution is 0.102. The van der Waals surface area contributed by atoms with Gasteiger partial charge in [-0.25, -0.2) is 13.4 Å². The summed E-state index contributed by atoms with van der Waals surface area (Å²) in [6.07, 6.45) is 3.79. The fourth-order valence-corrected chi connectivity index (χ4v) is 5.38. The van der Waals surface area contributed by atoms with Crippen LogP contribution in [0.15, 0.2) is 34.5 Å². The van der Waals surface area contributed by atoms with Gasteiger partial charge in [0.2, 0.25) is 10.0 Å². The van der Waals surface area contributed by atoms with E-state index in [9.17, 15) is 13.2 Å². The Morgan fingerprint density at radius 1 is 1.28 bits per heavy atom. The maximum absolute atomic E-state index is 12.5. The van der Waals surface area contributed by atoms with Gasteiger partial charge in [-0.15, -0.1) is 11.3 Å². The van der Waals surface area contributed by atoms with Gasteiger partial charge in [0, 0.05) is 29.8 Å². The molecule has 1 aromatic carbocycles. The lowest BCUT2D eigenvalue weighted by atomic mass is 10.2. The molecule has 0 radical (unpaired) electrons. The number of thiazole rings is 1. The highest BCUT2D eigenvalue weighted by Crippen LogP contribution is 2.22. The number of thioether (sulfide) groups is 1. The van der Waals surface area contributed by atoms with E-state index in [1.807, 2.05) is 11.6 Å². The molecule has 6 nitrogen and oxygen atoms in total. The number of amides is 1. The molecule has 1 aliphatic rings. The highest BCUT2D eigenvalue weighted by atomic mass is 32.2. The molecular weight excluding hydrogens is 378 g/mol. The summed E-state index contributed by atoms with van der Waals surface area (Å²) in [6, 6.07) is 6.05. The first kappa shape index (κ1) is 18.4. The van der Waals surface area contributed by atoms with Crippen LogP contribution < -0.4 is 5.32 Å². The van der Waals surface area contributed by atoms with Crippen LogP contribution >= 0.6 is 23.1 Å². The van der Waals surface area contributed by atoms with E-state index in [2.05, 4.69) is 10.3 Å². The predicted molar refractivity (Wildman–Crippen MR) is 102 cm³/mol. The van der Waals surface area contributed by atoms with Crippen molar-refractivity contribution in [3.63, 3.8) is 0 Å². The molecule has 1 saturated heterocycles. The van der Waals surface area contributed by atoms with Crippen molar-refractivity contribution in [3.8, 4) is 0 Å². The maximum Gasteiger partial charge on any atom is 0.257 e. The summed E-state index contributed by atoms with van der Waals surface area (Å²) in [5, 5.41) is 5.21. The van der Waals surface area contributed by atoms with Crippen molar-refractivity contribution in [2.24, 2.45) is 0 Å². The zero-order valence-electron chi connectivity index (χ0n) is 13.8. The third kappa shape index (κ3) is 4.22. The molecule has 3 rings (SSSR count). The minimum Gasteiger partial charge on any atom is -0.298 e. The first-order chi connectivity index (χ1) is 12.0. The van der Waals surface area contributed by atoms with Crippen LogP contribution in [0.25, 0.3) is 0 Å². The summed E-state index contributed by atoms with van der Waals surface area (Å²) in [6.45, 7) is 1.12. The van der Waals surface area contributed by atoms with Crippen molar-refractivity contribution in [2.45, 2.75) is 23.5 Å². The first-order valence-electron chi connectivity index (χ1n) is 7.85. The number of anilines is 1. The predicted octanol–water partition coefficient (Wildman–Crippen LogP) is 3.04. The largest absolute Gasteiger partial charge is 0.298 e. The van der Waals surface area contributed by atoms with Crippen LogP contribution in [0.5, 0.6) is 0 Å². The Balaban J connectivity index is 1.69. The van der Waals surface area contributed by atoms with Crippen molar-refractivity contribution >= 4 is 44.2 Å². The van der Waals surface area contributed by atoms with Gasteiger partial charge in [0.25, 0.3) is 5.91 Å². The highest BCUT2D eigenvalue weighted by Gasteiger charge is 2.27. The smallest absolute Gasteiger partial charge is 0.257 e. The number of hydrogen-bond donors (Lipinski definition) is 1. The zero-order valence-corrected chi connectivity index (χ0v) is 16.2. The van der Waals surface area contributed by atoms with E-state index < -0.39 is 10.0 Å². The van der Waals surface area contributed by atoms with E-state index >= 15 is 0 Å². The molecular formula is C16H19N3O3S3. The molecule has 134 valence electrons. The van der Waals surface area contributed by atoms with Crippen LogP contribution in [0, 0.1) is 0 Å². The minimum atomic E-state index is -3.45. The van der Waals surface area contributed by atoms with Crippen molar-refractivity contribution in [1.82, 2.24) is 9.29 Å². The van der Waals surface area contributed by atoms with Crippen molar-refractivity contribution in [1.29, 1.82) is 0 Å². The highest BCUT2D eigenvalue weighted by molar-refractivity contribution is 7.97. The van der Waals surface area contributed by atoms with E-state index in [1.165, 1.54) is 39.9 Å². The Kier molecular flexibility index (Phi) is 5.78. The van der Waals surface area contributed by atoms with Gasteiger partial charge in [-0.3, -0.25) is 10.1 Å². The van der Waals surface area contributed by atoms with Crippen LogP contribution in [0.4, 0.5) is 5.13 Å². The van der Waals surface area contributed by atoms with Gasteiger partial charge in [0.1, 0.15) is 0 Å². The number of carbonyl (C=O) groups excluding carboxylic acids is 1. The lowest BCUT2D eigenvalue weighted by Crippen LogP contribution is -2.27. The van der Waals surface area contributed by atoms with Gasteiger partial charge in [-0.1, -0.05) is 0 Å². The average molecular weight is 398 g/mol. The molecule has 0 atom stereocenters. The number of carbonyl (C=O) groups is 1. The van der Waals surface area contributed by atoms with Crippen LogP contribution in [-0.2, 0) is 15.8 Å². The SMILES string of the molecule is CSCc1csc(NC(=O)c2ccc(S(=O)(=O)N3CCCC3)cc2)n1. The van der Waals surface area contributed by atoms with Crippen LogP contribution in [0.1, 0.15) is 28.9 Å². The number of benzene rings is 1. The fourth-order valence-electron chi connectivity index (χ4n) is 2.60. The van der Waals surface area contributed by atoms with Gasteiger partial charge in [-0.05, 0) is 43.4 Å². The first-order valence-corrected chi connectivity index (χ1v) is 11.6. The maximum atomic E-state index is 12.5. The van der Waals surface area contributed by atoms with Gasteiger partial charge < -0.3 is 0 Å². The topological polar surface area (TPSA) is 79.4 Å². The van der Waals surface area contributed by atoms with E-state index in [4.69, 9.17) is 0 Å². The Hall–Kier alpha value is -1.42. The van der Waals surface area contributed by atoms with E-state index in [-0.39, 0.29) is 10.8 Å². The number of sulfonamides is 1. The number of nitrogens with one attached hydrogen (secondary N) is 1. The quantitative estimate of drug-likeness (QED) is 0.810. The van der Waals surface area contributed by atoms with E-state index in [0.29, 0.717) is 23.8 Å². The zero-order chi connectivity index (χ0) is 17.9. The van der Waals surface area contributed by atoms with Crippen LogP contribution in [0.3, 0.4) is 0 Å². The summed E-state index contributed by atoms with van der Waals surface area (Å²) in [4.78, 5) is 16.9. The fraction of sp³-hybridized carbons (Fsp3) is 0.375. The van der Waals surface area contributed by atoms with Crippen molar-refractivity contribution in [3.05, 3.63) is 40.9 Å². The molecule has 9 heteroatoms. The van der Waals surface area contributed by atoms with Gasteiger partial charge in [-0.2, -0.15) is 16.1 Å². The molecule has 0 unspecified atom stereocenters. The second-order valence-electron chi connectivity index (χ2n) is 5.67. The summed E-state index contributed by atoms with van der Waals surface area (Å²) in [5.74, 6) is 0.505. The third-order valence-corrected chi connectivity index (χ3v) is 7.19. The van der Waals surface area contributed by atoms with Crippen molar-refractivity contribution < 1.29 is 13.2 Å². The summed E-state index contributed by atoms with van der Waals surface area (Å²) in [5.41, 5.74) is 1.34. The molecule has 0 saturated carbocycles. The number of hydrogen-bond acceptors (Lipinski definition) is 6. The van der Waals surface area contributed by atoms with Gasteiger partial charge in [0.05, 0.1) is 10.6 Å². The Morgan fingerprint density at radius 2 is 1.96 bits per heavy atom. The number of aromatic nitrogens is 1. The molecule has 1 amide bonds. The Bertz CT molecular complexity index is 841. The molecule has 0 bridgehead atoms. The van der Waals surface area contributed by atoms with Gasteiger partial charge in [0.15, 0.2) is 5.13 Å². The summed E-state index contributed by atoms with van der Waals surface area (Å²) in [7, 11) is -3.45. The lowest BCUT2D eigenvalue weighted by Gasteiger charge is -2.15. The Morgan fingerprint density at radius 3 is 2.60 bits per heavy atom. The second kappa shape index (κ2) is 7.86. The Labute approximate surface area is 155 Å². The monoisotopic (exact) mass is 397 g/mol. The molecule has 25 heavy (non-hydrogen) atoms. The van der Waals surface area contributed by atoms with E-state index in [0.717, 1.165) is 24.3 Å². The summed E-state index contributed by atoms with van der Waals surface area (Å²) >= 11 is 3.05. The molecule has 0 spiro atoms. The average Bonchev–Trinajstić information content (AvgIpc) is 3.28. The molecule has 1 N–H and O–H groups in total. The third-order valence-electron chi connectivity index (χ3n) is 3.88. The molecule has 0 aliphatic carbocycles. The number of rotatable bonds is 6. The van der Waals surface area contributed by atoms with Gasteiger partial charge >= 0.3 is 0 Å². The van der Waals surface area contributed by atoms with Crippen LogP contribution in [0.2, 0.25) is 0 Å². The number of nitrogens with zero attached hydrogens (tertiary/aromatic N) is 2. The standard InChI is InChI=1S/C16H19N3O3S3/c1-23-10-13-11-24-16(17-13)18-15(20)12-4-6-14(7-5-12)25(21,22)19-8-2-3-9-19/h4-7,11H,2-3,8-10H2,1H3,(H,17,18,20). The minimum absolute atomic E-state index is 0.224. The second-order valence-corrected chi connectivity index (χ2v) is 9.33. The summed E-state index contributed by atoms with van der Waals surface area (Å²) < 4.78 is 26.5. The van der Waals surface area contributed by atoms with E-state index in [1.54, 1.807) is 11.8 Å². The van der Waals surface area contributed by atoms with Crippen LogP contribution in [-0.4, -0.2) is 43.0 Å². The molecule has 1 aromatic heterocycles. The van der Waals surface area contributed by atoms with Crippen molar-refractivity contribution in [2.75, 3.05) is 24.7 Å². The molecule has 2 aromatic rings. The molecule has 1 aliphatic heterocycles. The molecule has 2 heterocycles.